The van der Waals surface area contributed by atoms with Gasteiger partial charge in [-0.3, -0.25) is 9.59 Å². The van der Waals surface area contributed by atoms with E-state index in [0.717, 1.165) is 22.0 Å². The SMILES string of the molecule is CC(C)(N)C(=O)N[C@H](Cc1c[nH]c2ccccc12)C(=O)N1CCC2(CC1)Cc1ccccc1C(=O)O2.Cl. The van der Waals surface area contributed by atoms with Gasteiger partial charge in [0.2, 0.25) is 11.8 Å². The van der Waals surface area contributed by atoms with Crippen molar-refractivity contribution in [1.82, 2.24) is 15.2 Å². The Bertz CT molecular complexity index is 1320. The van der Waals surface area contributed by atoms with Crippen molar-refractivity contribution in [3.63, 3.8) is 0 Å². The lowest BCUT2D eigenvalue weighted by Crippen LogP contribution is -2.59. The maximum absolute atomic E-state index is 13.7. The molecule has 5 rings (SSSR count). The summed E-state index contributed by atoms with van der Waals surface area (Å²) in [6.07, 6.45) is 3.97. The summed E-state index contributed by atoms with van der Waals surface area (Å²) in [5, 5.41) is 3.91. The van der Waals surface area contributed by atoms with Crippen LogP contribution in [0.15, 0.2) is 54.7 Å². The number of rotatable bonds is 5. The largest absolute Gasteiger partial charge is 0.455 e. The number of halogens is 1. The van der Waals surface area contributed by atoms with Crippen LogP contribution in [0.3, 0.4) is 0 Å². The fourth-order valence-electron chi connectivity index (χ4n) is 5.21. The maximum Gasteiger partial charge on any atom is 0.338 e. The van der Waals surface area contributed by atoms with Crippen molar-refractivity contribution in [2.75, 3.05) is 13.1 Å². The highest BCUT2D eigenvalue weighted by Gasteiger charge is 2.44. The summed E-state index contributed by atoms with van der Waals surface area (Å²) >= 11 is 0. The van der Waals surface area contributed by atoms with Gasteiger partial charge < -0.3 is 25.7 Å². The highest BCUT2D eigenvalue weighted by Crippen LogP contribution is 2.36. The molecule has 0 radical (unpaired) electrons. The Labute approximate surface area is 222 Å². The summed E-state index contributed by atoms with van der Waals surface area (Å²) in [4.78, 5) is 44.1. The number of esters is 1. The van der Waals surface area contributed by atoms with Crippen molar-refractivity contribution in [2.24, 2.45) is 5.73 Å². The molecule has 2 amide bonds. The number of nitrogens with two attached hydrogens (primary N) is 1. The first-order chi connectivity index (χ1) is 17.2. The smallest absolute Gasteiger partial charge is 0.338 e. The number of aromatic amines is 1. The third-order valence-electron chi connectivity index (χ3n) is 7.33. The second kappa shape index (κ2) is 10.2. The van der Waals surface area contributed by atoms with Crippen LogP contribution >= 0.6 is 12.4 Å². The van der Waals surface area contributed by atoms with Crippen molar-refractivity contribution >= 4 is 41.1 Å². The normalized spacial score (nSPS) is 17.5. The molecule has 37 heavy (non-hydrogen) atoms. The Morgan fingerprint density at radius 2 is 1.81 bits per heavy atom. The number of benzene rings is 2. The van der Waals surface area contributed by atoms with E-state index < -0.39 is 17.2 Å². The molecule has 2 aliphatic heterocycles. The van der Waals surface area contributed by atoms with Crippen molar-refractivity contribution in [1.29, 1.82) is 0 Å². The number of aromatic nitrogens is 1. The Morgan fingerprint density at radius 3 is 2.54 bits per heavy atom. The number of para-hydroxylation sites is 1. The molecule has 2 aromatic carbocycles. The Kier molecular flexibility index (Phi) is 7.35. The molecule has 1 atom stereocenters. The van der Waals surface area contributed by atoms with Crippen molar-refractivity contribution in [3.05, 3.63) is 71.4 Å². The quantitative estimate of drug-likeness (QED) is 0.443. The number of piperidine rings is 1. The van der Waals surface area contributed by atoms with Crippen LogP contribution in [0.25, 0.3) is 10.9 Å². The van der Waals surface area contributed by atoms with Crippen molar-refractivity contribution in [2.45, 2.75) is 56.7 Å². The first-order valence-electron chi connectivity index (χ1n) is 12.4. The van der Waals surface area contributed by atoms with Gasteiger partial charge in [0.05, 0.1) is 11.1 Å². The molecule has 0 unspecified atom stereocenters. The summed E-state index contributed by atoms with van der Waals surface area (Å²) in [5.74, 6) is -0.839. The second-order valence-electron chi connectivity index (χ2n) is 10.5. The lowest BCUT2D eigenvalue weighted by atomic mass is 9.81. The Balaban J connectivity index is 0.00000320. The van der Waals surface area contributed by atoms with Crippen LogP contribution in [-0.2, 0) is 27.2 Å². The van der Waals surface area contributed by atoms with E-state index in [1.807, 2.05) is 48.7 Å². The minimum Gasteiger partial charge on any atom is -0.455 e. The molecule has 0 aliphatic carbocycles. The number of fused-ring (bicyclic) bond motifs is 2. The van der Waals surface area contributed by atoms with Crippen LogP contribution in [0, 0.1) is 0 Å². The van der Waals surface area contributed by atoms with E-state index >= 15 is 0 Å². The zero-order valence-electron chi connectivity index (χ0n) is 21.1. The predicted octanol–water partition coefficient (Wildman–Crippen LogP) is 3.13. The monoisotopic (exact) mass is 524 g/mol. The van der Waals surface area contributed by atoms with Crippen LogP contribution in [-0.4, -0.2) is 57.9 Å². The van der Waals surface area contributed by atoms with Crippen LogP contribution in [0.2, 0.25) is 0 Å². The fourth-order valence-corrected chi connectivity index (χ4v) is 5.21. The summed E-state index contributed by atoms with van der Waals surface area (Å²) in [5.41, 5.74) is 7.84. The zero-order valence-corrected chi connectivity index (χ0v) is 21.9. The van der Waals surface area contributed by atoms with Crippen LogP contribution in [0.5, 0.6) is 0 Å². The number of hydrogen-bond donors (Lipinski definition) is 3. The first kappa shape index (κ1) is 26.7. The van der Waals surface area contributed by atoms with E-state index in [1.165, 1.54) is 0 Å². The number of ether oxygens (including phenoxy) is 1. The number of likely N-dealkylation sites (tertiary alicyclic amines) is 1. The number of hydrogen-bond acceptors (Lipinski definition) is 5. The molecule has 9 heteroatoms. The first-order valence-corrected chi connectivity index (χ1v) is 12.4. The van der Waals surface area contributed by atoms with Crippen LogP contribution in [0.1, 0.15) is 48.2 Å². The van der Waals surface area contributed by atoms with E-state index in [4.69, 9.17) is 10.5 Å². The number of amides is 2. The second-order valence-corrected chi connectivity index (χ2v) is 10.5. The number of carbonyl (C=O) groups is 3. The molecule has 0 saturated carbocycles. The Morgan fingerprint density at radius 1 is 1.14 bits per heavy atom. The number of H-pyrrole nitrogens is 1. The molecule has 196 valence electrons. The lowest BCUT2D eigenvalue weighted by molar-refractivity contribution is -0.141. The molecule has 1 aromatic heterocycles. The molecule has 1 fully saturated rings. The fraction of sp³-hybridized carbons (Fsp3) is 0.393. The van der Waals surface area contributed by atoms with Gasteiger partial charge in [-0.15, -0.1) is 12.4 Å². The highest BCUT2D eigenvalue weighted by molar-refractivity contribution is 5.93. The molecule has 2 aliphatic rings. The molecule has 4 N–H and O–H groups in total. The third-order valence-corrected chi connectivity index (χ3v) is 7.33. The van der Waals surface area contributed by atoms with E-state index in [9.17, 15) is 14.4 Å². The molecule has 3 aromatic rings. The van der Waals surface area contributed by atoms with Gasteiger partial charge in [-0.2, -0.15) is 0 Å². The average Bonchev–Trinajstić information content (AvgIpc) is 3.26. The molecule has 1 saturated heterocycles. The summed E-state index contributed by atoms with van der Waals surface area (Å²) in [6.45, 7) is 4.13. The van der Waals surface area contributed by atoms with Gasteiger partial charge in [0.1, 0.15) is 11.6 Å². The zero-order chi connectivity index (χ0) is 25.5. The van der Waals surface area contributed by atoms with Crippen LogP contribution < -0.4 is 11.1 Å². The van der Waals surface area contributed by atoms with E-state index in [2.05, 4.69) is 10.3 Å². The van der Waals surface area contributed by atoms with Gasteiger partial charge in [0.15, 0.2) is 0 Å². The molecular weight excluding hydrogens is 492 g/mol. The Hall–Kier alpha value is -3.36. The summed E-state index contributed by atoms with van der Waals surface area (Å²) < 4.78 is 5.91. The minimum absolute atomic E-state index is 0. The molecular formula is C28H33ClN4O4. The van der Waals surface area contributed by atoms with E-state index in [-0.39, 0.29) is 30.2 Å². The van der Waals surface area contributed by atoms with Crippen molar-refractivity contribution in [3.8, 4) is 0 Å². The van der Waals surface area contributed by atoms with E-state index in [0.29, 0.717) is 44.3 Å². The average molecular weight is 525 g/mol. The summed E-state index contributed by atoms with van der Waals surface area (Å²) in [7, 11) is 0. The topological polar surface area (TPSA) is 118 Å². The molecule has 8 nitrogen and oxygen atoms in total. The number of carbonyl (C=O) groups excluding carboxylic acids is 3. The predicted molar refractivity (Wildman–Crippen MR) is 144 cm³/mol. The molecule has 1 spiro atoms. The van der Waals surface area contributed by atoms with Gasteiger partial charge in [-0.1, -0.05) is 36.4 Å². The minimum atomic E-state index is -1.12. The van der Waals surface area contributed by atoms with Gasteiger partial charge >= 0.3 is 5.97 Å². The standard InChI is InChI=1S/C28H32N4O4.ClH/c1-27(2,29)26(35)31-23(15-19-17-30-22-10-6-5-8-20(19)22)24(33)32-13-11-28(12-14-32)16-18-7-3-4-9-21(18)25(34)36-28;/h3-10,17,23,30H,11-16,29H2,1-2H3,(H,31,35);1H/t23-;/m1./s1. The number of nitrogens with one attached hydrogen (secondary N) is 2. The maximum atomic E-state index is 13.7. The number of nitrogens with zero attached hydrogens (tertiary/aromatic N) is 1. The lowest BCUT2D eigenvalue weighted by Gasteiger charge is -2.44. The van der Waals surface area contributed by atoms with Gasteiger partial charge in [0.25, 0.3) is 0 Å². The molecule has 3 heterocycles. The van der Waals surface area contributed by atoms with Gasteiger partial charge in [-0.25, -0.2) is 4.79 Å². The highest BCUT2D eigenvalue weighted by atomic mass is 35.5. The van der Waals surface area contributed by atoms with Crippen molar-refractivity contribution < 1.29 is 19.1 Å². The third kappa shape index (κ3) is 5.36. The summed E-state index contributed by atoms with van der Waals surface area (Å²) in [6, 6.07) is 14.6. The van der Waals surface area contributed by atoms with Crippen LogP contribution in [0.4, 0.5) is 0 Å². The van der Waals surface area contributed by atoms with E-state index in [1.54, 1.807) is 24.8 Å². The van der Waals surface area contributed by atoms with Gasteiger partial charge in [-0.05, 0) is 37.1 Å². The molecule has 0 bridgehead atoms. The van der Waals surface area contributed by atoms with Gasteiger partial charge in [0, 0.05) is 55.9 Å².